The van der Waals surface area contributed by atoms with Crippen molar-refractivity contribution >= 4 is 17.4 Å². The zero-order valence-electron chi connectivity index (χ0n) is 13.7. The van der Waals surface area contributed by atoms with Crippen LogP contribution in [0.4, 0.5) is 0 Å². The summed E-state index contributed by atoms with van der Waals surface area (Å²) in [4.78, 5) is 24.9. The van der Waals surface area contributed by atoms with Gasteiger partial charge in [0.05, 0.1) is 5.56 Å². The number of rotatable bonds is 3. The smallest absolute Gasteiger partial charge is 0.338 e. The molecule has 5 heteroatoms. The number of benzene rings is 1. The number of aromatic carboxylic acids is 1. The minimum atomic E-state index is -1.10. The SMILES string of the molecule is Cc1cc(C)cc(C2=CCN(C(=O)c3cc(C(=O)O)co3)CC2)c1. The van der Waals surface area contributed by atoms with Gasteiger partial charge in [-0.1, -0.05) is 35.4 Å². The summed E-state index contributed by atoms with van der Waals surface area (Å²) in [7, 11) is 0. The Morgan fingerprint density at radius 2 is 1.83 bits per heavy atom. The van der Waals surface area contributed by atoms with Crippen LogP contribution in [-0.2, 0) is 0 Å². The van der Waals surface area contributed by atoms with Crippen molar-refractivity contribution in [2.75, 3.05) is 13.1 Å². The van der Waals surface area contributed by atoms with Crippen LogP contribution in [0.1, 0.15) is 44.0 Å². The van der Waals surface area contributed by atoms with Gasteiger partial charge in [-0.25, -0.2) is 4.79 Å². The molecule has 124 valence electrons. The predicted octanol–water partition coefficient (Wildman–Crippen LogP) is 3.52. The van der Waals surface area contributed by atoms with E-state index in [0.717, 1.165) is 12.7 Å². The maximum Gasteiger partial charge on any atom is 0.338 e. The van der Waals surface area contributed by atoms with Gasteiger partial charge in [-0.05, 0) is 31.4 Å². The summed E-state index contributed by atoms with van der Waals surface area (Å²) in [6, 6.07) is 7.72. The lowest BCUT2D eigenvalue weighted by atomic mass is 9.96. The van der Waals surface area contributed by atoms with Crippen LogP contribution in [0.15, 0.2) is 41.0 Å². The summed E-state index contributed by atoms with van der Waals surface area (Å²) in [6.07, 6.45) is 3.91. The highest BCUT2D eigenvalue weighted by Gasteiger charge is 2.23. The normalized spacial score (nSPS) is 14.4. The molecule has 0 atom stereocenters. The van der Waals surface area contributed by atoms with Gasteiger partial charge in [-0.15, -0.1) is 0 Å². The number of amides is 1. The van der Waals surface area contributed by atoms with Crippen molar-refractivity contribution in [3.05, 3.63) is 64.6 Å². The van der Waals surface area contributed by atoms with Gasteiger partial charge in [-0.2, -0.15) is 0 Å². The van der Waals surface area contributed by atoms with Crippen LogP contribution < -0.4 is 0 Å². The first-order valence-corrected chi connectivity index (χ1v) is 7.83. The van der Waals surface area contributed by atoms with Crippen LogP contribution >= 0.6 is 0 Å². The molecule has 0 fully saturated rings. The molecule has 2 aromatic rings. The number of furan rings is 1. The molecule has 3 rings (SSSR count). The molecule has 1 aromatic heterocycles. The largest absolute Gasteiger partial charge is 0.478 e. The number of carboxylic acid groups (broad SMARTS) is 1. The van der Waals surface area contributed by atoms with Crippen molar-refractivity contribution in [1.82, 2.24) is 4.90 Å². The summed E-state index contributed by atoms with van der Waals surface area (Å²) in [5.74, 6) is -1.32. The van der Waals surface area contributed by atoms with Crippen molar-refractivity contribution in [2.24, 2.45) is 0 Å². The molecule has 0 radical (unpaired) electrons. The summed E-state index contributed by atoms with van der Waals surface area (Å²) in [6.45, 7) is 5.23. The second kappa shape index (κ2) is 6.35. The number of hydrogen-bond donors (Lipinski definition) is 1. The highest BCUT2D eigenvalue weighted by Crippen LogP contribution is 2.25. The predicted molar refractivity (Wildman–Crippen MR) is 90.1 cm³/mol. The Morgan fingerprint density at radius 1 is 1.12 bits per heavy atom. The standard InChI is InChI=1S/C19H19NO4/c1-12-7-13(2)9-15(8-12)14-3-5-20(6-4-14)18(21)17-10-16(11-24-17)19(22)23/h3,7-11H,4-6H2,1-2H3,(H,22,23). The molecule has 1 N–H and O–H groups in total. The van der Waals surface area contributed by atoms with Gasteiger partial charge in [0.1, 0.15) is 6.26 Å². The Labute approximate surface area is 140 Å². The molecule has 24 heavy (non-hydrogen) atoms. The summed E-state index contributed by atoms with van der Waals surface area (Å²) in [5.41, 5.74) is 4.87. The number of hydrogen-bond acceptors (Lipinski definition) is 3. The topological polar surface area (TPSA) is 70.8 Å². The van der Waals surface area contributed by atoms with Crippen molar-refractivity contribution in [3.8, 4) is 0 Å². The van der Waals surface area contributed by atoms with E-state index in [0.29, 0.717) is 13.1 Å². The average molecular weight is 325 g/mol. The minimum Gasteiger partial charge on any atom is -0.478 e. The van der Waals surface area contributed by atoms with Crippen LogP contribution in [-0.4, -0.2) is 35.0 Å². The lowest BCUT2D eigenvalue weighted by Gasteiger charge is -2.26. The van der Waals surface area contributed by atoms with Crippen LogP contribution in [0.5, 0.6) is 0 Å². The molecule has 1 aliphatic heterocycles. The number of carbonyl (C=O) groups is 2. The number of nitrogens with zero attached hydrogens (tertiary/aromatic N) is 1. The maximum atomic E-state index is 12.4. The second-order valence-corrected chi connectivity index (χ2v) is 6.11. The number of aryl methyl sites for hydroxylation is 2. The zero-order chi connectivity index (χ0) is 17.3. The van der Waals surface area contributed by atoms with Crippen molar-refractivity contribution in [1.29, 1.82) is 0 Å². The molecular weight excluding hydrogens is 306 g/mol. The molecule has 1 amide bonds. The number of carboxylic acids is 1. The Balaban J connectivity index is 1.74. The van der Waals surface area contributed by atoms with Crippen LogP contribution in [0.2, 0.25) is 0 Å². The molecule has 2 heterocycles. The quantitative estimate of drug-likeness (QED) is 0.937. The lowest BCUT2D eigenvalue weighted by Crippen LogP contribution is -2.34. The molecule has 0 bridgehead atoms. The van der Waals surface area contributed by atoms with Gasteiger partial charge >= 0.3 is 5.97 Å². The van der Waals surface area contributed by atoms with E-state index in [1.807, 2.05) is 0 Å². The highest BCUT2D eigenvalue weighted by atomic mass is 16.4. The first-order chi connectivity index (χ1) is 11.4. The van der Waals surface area contributed by atoms with Crippen LogP contribution in [0.25, 0.3) is 5.57 Å². The fourth-order valence-electron chi connectivity index (χ4n) is 2.99. The molecule has 1 aromatic carbocycles. The molecule has 0 saturated heterocycles. The monoisotopic (exact) mass is 325 g/mol. The van der Waals surface area contributed by atoms with Crippen LogP contribution in [0.3, 0.4) is 0 Å². The van der Waals surface area contributed by atoms with E-state index in [1.165, 1.54) is 28.3 Å². The Kier molecular flexibility index (Phi) is 4.25. The first kappa shape index (κ1) is 16.1. The average Bonchev–Trinajstić information content (AvgIpc) is 3.03. The van der Waals surface area contributed by atoms with E-state index in [9.17, 15) is 9.59 Å². The molecule has 0 spiro atoms. The van der Waals surface area contributed by atoms with E-state index in [1.54, 1.807) is 4.90 Å². The fourth-order valence-corrected chi connectivity index (χ4v) is 2.99. The van der Waals surface area contributed by atoms with Crippen molar-refractivity contribution in [3.63, 3.8) is 0 Å². The van der Waals surface area contributed by atoms with Gasteiger partial charge < -0.3 is 14.4 Å². The molecular formula is C19H19NO4. The molecule has 0 saturated carbocycles. The highest BCUT2D eigenvalue weighted by molar-refractivity contribution is 5.95. The van der Waals surface area contributed by atoms with E-state index in [2.05, 4.69) is 38.1 Å². The lowest BCUT2D eigenvalue weighted by molar-refractivity contribution is 0.0694. The van der Waals surface area contributed by atoms with E-state index < -0.39 is 5.97 Å². The Morgan fingerprint density at radius 3 is 2.38 bits per heavy atom. The van der Waals surface area contributed by atoms with Gasteiger partial charge in [0.15, 0.2) is 5.76 Å². The number of carbonyl (C=O) groups excluding carboxylic acids is 1. The second-order valence-electron chi connectivity index (χ2n) is 6.11. The minimum absolute atomic E-state index is 0.0122. The summed E-state index contributed by atoms with van der Waals surface area (Å²) in [5, 5.41) is 8.90. The van der Waals surface area contributed by atoms with Crippen LogP contribution in [0, 0.1) is 13.8 Å². The summed E-state index contributed by atoms with van der Waals surface area (Å²) >= 11 is 0. The maximum absolute atomic E-state index is 12.4. The third kappa shape index (κ3) is 3.25. The first-order valence-electron chi connectivity index (χ1n) is 7.83. The van der Waals surface area contributed by atoms with Gasteiger partial charge in [0.2, 0.25) is 0 Å². The third-order valence-corrected chi connectivity index (χ3v) is 4.15. The summed E-state index contributed by atoms with van der Waals surface area (Å²) < 4.78 is 5.09. The molecule has 0 unspecified atom stereocenters. The van der Waals surface area contributed by atoms with E-state index >= 15 is 0 Å². The van der Waals surface area contributed by atoms with Gasteiger partial charge in [0, 0.05) is 19.2 Å². The molecule has 5 nitrogen and oxygen atoms in total. The third-order valence-electron chi connectivity index (χ3n) is 4.15. The van der Waals surface area contributed by atoms with Gasteiger partial charge in [0.25, 0.3) is 5.91 Å². The zero-order valence-corrected chi connectivity index (χ0v) is 13.7. The fraction of sp³-hybridized carbons (Fsp3) is 0.263. The van der Waals surface area contributed by atoms with E-state index in [-0.39, 0.29) is 17.2 Å². The van der Waals surface area contributed by atoms with Crippen molar-refractivity contribution < 1.29 is 19.1 Å². The molecule has 1 aliphatic rings. The van der Waals surface area contributed by atoms with Gasteiger partial charge in [-0.3, -0.25) is 4.79 Å². The van der Waals surface area contributed by atoms with E-state index in [4.69, 9.17) is 9.52 Å². The Bertz CT molecular complexity index is 811. The van der Waals surface area contributed by atoms with Crippen molar-refractivity contribution in [2.45, 2.75) is 20.3 Å². The Hall–Kier alpha value is -2.82. The molecule has 0 aliphatic carbocycles.